The summed E-state index contributed by atoms with van der Waals surface area (Å²) in [6.07, 6.45) is 3.15. The number of amides is 1. The van der Waals surface area contributed by atoms with Gasteiger partial charge in [0, 0.05) is 25.3 Å². The maximum absolute atomic E-state index is 12.7. The Morgan fingerprint density at radius 1 is 1.23 bits per heavy atom. The number of hydrogen-bond donors (Lipinski definition) is 1. The Kier molecular flexibility index (Phi) is 4.95. The molecule has 3 rings (SSSR count). The molecule has 1 saturated heterocycles. The fraction of sp³-hybridized carbons (Fsp3) is 0.588. The van der Waals surface area contributed by atoms with Gasteiger partial charge in [0.05, 0.1) is 13.7 Å². The third-order valence-corrected chi connectivity index (χ3v) is 4.50. The number of fused-ring (bicyclic) bond motifs is 1. The van der Waals surface area contributed by atoms with Gasteiger partial charge in [0.15, 0.2) is 0 Å². The Balaban J connectivity index is 1.71. The lowest BCUT2D eigenvalue weighted by Gasteiger charge is -2.31. The number of nitrogens with zero attached hydrogens (tertiary/aromatic N) is 2. The van der Waals surface area contributed by atoms with E-state index in [0.29, 0.717) is 6.54 Å². The Hall–Kier alpha value is -1.59. The first-order chi connectivity index (χ1) is 10.8. The molecule has 1 N–H and O–H groups in total. The van der Waals surface area contributed by atoms with Crippen LogP contribution in [0.1, 0.15) is 18.4 Å². The van der Waals surface area contributed by atoms with Gasteiger partial charge in [-0.2, -0.15) is 0 Å². The van der Waals surface area contributed by atoms with Crippen LogP contribution >= 0.6 is 0 Å². The van der Waals surface area contributed by atoms with Gasteiger partial charge in [-0.05, 0) is 56.1 Å². The molecule has 2 heterocycles. The molecule has 2 aliphatic heterocycles. The van der Waals surface area contributed by atoms with Crippen molar-refractivity contribution in [3.63, 3.8) is 0 Å². The normalized spacial score (nSPS) is 19.4. The zero-order chi connectivity index (χ0) is 15.4. The van der Waals surface area contributed by atoms with Gasteiger partial charge >= 0.3 is 0 Å². The molecule has 120 valence electrons. The SMILES string of the molecule is COc1ccc2c(c1)CCCN2C(=O)CN1CCCNCC1. The number of anilines is 1. The standard InChI is InChI=1S/C17H25N3O2/c1-22-15-5-6-16-14(12-15)4-2-10-20(16)17(21)13-19-9-3-7-18-8-11-19/h5-6,12,18H,2-4,7-11,13H2,1H3. The van der Waals surface area contributed by atoms with E-state index < -0.39 is 0 Å². The summed E-state index contributed by atoms with van der Waals surface area (Å²) in [5, 5.41) is 3.38. The second-order valence-electron chi connectivity index (χ2n) is 6.02. The van der Waals surface area contributed by atoms with Crippen molar-refractivity contribution in [2.45, 2.75) is 19.3 Å². The molecule has 2 aliphatic rings. The maximum Gasteiger partial charge on any atom is 0.241 e. The zero-order valence-electron chi connectivity index (χ0n) is 13.3. The number of hydrogen-bond acceptors (Lipinski definition) is 4. The summed E-state index contributed by atoms with van der Waals surface area (Å²) in [5.74, 6) is 1.08. The highest BCUT2D eigenvalue weighted by atomic mass is 16.5. The van der Waals surface area contributed by atoms with E-state index in [2.05, 4.69) is 16.3 Å². The first-order valence-corrected chi connectivity index (χ1v) is 8.18. The number of carbonyl (C=O) groups excluding carboxylic acids is 1. The van der Waals surface area contributed by atoms with Crippen LogP contribution in [0.15, 0.2) is 18.2 Å². The Morgan fingerprint density at radius 2 is 2.14 bits per heavy atom. The average Bonchev–Trinajstić information content (AvgIpc) is 2.82. The van der Waals surface area contributed by atoms with Crippen molar-refractivity contribution >= 4 is 11.6 Å². The highest BCUT2D eigenvalue weighted by Crippen LogP contribution is 2.30. The summed E-state index contributed by atoms with van der Waals surface area (Å²) in [6.45, 7) is 5.33. The summed E-state index contributed by atoms with van der Waals surface area (Å²) in [4.78, 5) is 16.9. The molecule has 1 aromatic rings. The minimum Gasteiger partial charge on any atom is -0.497 e. The molecule has 0 saturated carbocycles. The van der Waals surface area contributed by atoms with Crippen molar-refractivity contribution in [1.29, 1.82) is 0 Å². The molecular weight excluding hydrogens is 278 g/mol. The predicted octanol–water partition coefficient (Wildman–Crippen LogP) is 1.27. The molecule has 5 heteroatoms. The van der Waals surface area contributed by atoms with Crippen LogP contribution < -0.4 is 15.0 Å². The van der Waals surface area contributed by atoms with Crippen molar-refractivity contribution in [1.82, 2.24) is 10.2 Å². The Labute approximate surface area is 132 Å². The van der Waals surface area contributed by atoms with Gasteiger partial charge in [0.2, 0.25) is 5.91 Å². The minimum atomic E-state index is 0.216. The van der Waals surface area contributed by atoms with Crippen molar-refractivity contribution in [2.75, 3.05) is 51.3 Å². The summed E-state index contributed by atoms with van der Waals surface area (Å²) >= 11 is 0. The van der Waals surface area contributed by atoms with Crippen LogP contribution in [0.25, 0.3) is 0 Å². The predicted molar refractivity (Wildman–Crippen MR) is 87.6 cm³/mol. The molecule has 0 radical (unpaired) electrons. The molecule has 5 nitrogen and oxygen atoms in total. The average molecular weight is 303 g/mol. The van der Waals surface area contributed by atoms with Gasteiger partial charge < -0.3 is 15.0 Å². The first kappa shape index (κ1) is 15.3. The number of carbonyl (C=O) groups is 1. The quantitative estimate of drug-likeness (QED) is 0.913. The molecule has 0 bridgehead atoms. The zero-order valence-corrected chi connectivity index (χ0v) is 13.3. The number of methoxy groups -OCH3 is 1. The fourth-order valence-electron chi connectivity index (χ4n) is 3.30. The van der Waals surface area contributed by atoms with Gasteiger partial charge in [0.25, 0.3) is 0 Å². The Bertz CT molecular complexity index is 525. The summed E-state index contributed by atoms with van der Waals surface area (Å²) < 4.78 is 5.29. The van der Waals surface area contributed by atoms with Gasteiger partial charge in [-0.25, -0.2) is 0 Å². The van der Waals surface area contributed by atoms with E-state index in [-0.39, 0.29) is 5.91 Å². The van der Waals surface area contributed by atoms with Crippen LogP contribution in [0.5, 0.6) is 5.75 Å². The molecule has 1 fully saturated rings. The summed E-state index contributed by atoms with van der Waals surface area (Å²) in [6, 6.07) is 6.03. The fourth-order valence-corrected chi connectivity index (χ4v) is 3.30. The third-order valence-electron chi connectivity index (χ3n) is 4.50. The van der Waals surface area contributed by atoms with E-state index in [1.165, 1.54) is 5.56 Å². The minimum absolute atomic E-state index is 0.216. The van der Waals surface area contributed by atoms with E-state index in [1.807, 2.05) is 17.0 Å². The van der Waals surface area contributed by atoms with Crippen LogP contribution in [0, 0.1) is 0 Å². The molecule has 0 aliphatic carbocycles. The second kappa shape index (κ2) is 7.11. The lowest BCUT2D eigenvalue weighted by Crippen LogP contribution is -2.43. The van der Waals surface area contributed by atoms with E-state index in [9.17, 15) is 4.79 Å². The number of rotatable bonds is 3. The molecule has 1 aromatic carbocycles. The maximum atomic E-state index is 12.7. The van der Waals surface area contributed by atoms with Crippen molar-refractivity contribution in [3.8, 4) is 5.75 Å². The molecule has 0 aromatic heterocycles. The number of nitrogens with one attached hydrogen (secondary N) is 1. The first-order valence-electron chi connectivity index (χ1n) is 8.18. The summed E-state index contributed by atoms with van der Waals surface area (Å²) in [5.41, 5.74) is 2.28. The van der Waals surface area contributed by atoms with Gasteiger partial charge in [-0.1, -0.05) is 0 Å². The van der Waals surface area contributed by atoms with E-state index in [4.69, 9.17) is 4.74 Å². The van der Waals surface area contributed by atoms with Crippen molar-refractivity contribution in [3.05, 3.63) is 23.8 Å². The molecule has 0 unspecified atom stereocenters. The summed E-state index contributed by atoms with van der Waals surface area (Å²) in [7, 11) is 1.68. The molecule has 0 spiro atoms. The van der Waals surface area contributed by atoms with Crippen LogP contribution in [0.4, 0.5) is 5.69 Å². The number of benzene rings is 1. The monoisotopic (exact) mass is 303 g/mol. The van der Waals surface area contributed by atoms with Crippen LogP contribution in [0.3, 0.4) is 0 Å². The second-order valence-corrected chi connectivity index (χ2v) is 6.02. The van der Waals surface area contributed by atoms with E-state index in [1.54, 1.807) is 7.11 Å². The largest absolute Gasteiger partial charge is 0.497 e. The van der Waals surface area contributed by atoms with Crippen molar-refractivity contribution < 1.29 is 9.53 Å². The molecule has 22 heavy (non-hydrogen) atoms. The van der Waals surface area contributed by atoms with E-state index in [0.717, 1.165) is 63.4 Å². The highest BCUT2D eigenvalue weighted by molar-refractivity contribution is 5.96. The third kappa shape index (κ3) is 3.42. The smallest absolute Gasteiger partial charge is 0.241 e. The number of ether oxygens (including phenoxy) is 1. The van der Waals surface area contributed by atoms with Crippen LogP contribution in [-0.2, 0) is 11.2 Å². The van der Waals surface area contributed by atoms with Gasteiger partial charge in [-0.3, -0.25) is 9.69 Å². The molecular formula is C17H25N3O2. The highest BCUT2D eigenvalue weighted by Gasteiger charge is 2.24. The van der Waals surface area contributed by atoms with Crippen LogP contribution in [-0.4, -0.2) is 57.2 Å². The van der Waals surface area contributed by atoms with Gasteiger partial charge in [0.1, 0.15) is 5.75 Å². The number of aryl methyl sites for hydroxylation is 1. The van der Waals surface area contributed by atoms with E-state index >= 15 is 0 Å². The topological polar surface area (TPSA) is 44.8 Å². The van der Waals surface area contributed by atoms with Crippen LogP contribution in [0.2, 0.25) is 0 Å². The molecule has 1 amide bonds. The Morgan fingerprint density at radius 3 is 3.00 bits per heavy atom. The van der Waals surface area contributed by atoms with Gasteiger partial charge in [-0.15, -0.1) is 0 Å². The lowest BCUT2D eigenvalue weighted by atomic mass is 10.0. The van der Waals surface area contributed by atoms with Crippen molar-refractivity contribution in [2.24, 2.45) is 0 Å². The molecule has 0 atom stereocenters. The lowest BCUT2D eigenvalue weighted by molar-refractivity contribution is -0.119.